The van der Waals surface area contributed by atoms with Crippen LogP contribution >= 0.6 is 0 Å². The van der Waals surface area contributed by atoms with E-state index in [1.807, 2.05) is 6.92 Å². The third kappa shape index (κ3) is 3.26. The molecule has 3 atom stereocenters. The van der Waals surface area contributed by atoms with Crippen molar-refractivity contribution in [1.82, 2.24) is 0 Å². The Labute approximate surface area is 119 Å². The van der Waals surface area contributed by atoms with Crippen LogP contribution in [0.3, 0.4) is 0 Å². The Morgan fingerprint density at radius 3 is 2.00 bits per heavy atom. The molecule has 0 N–H and O–H groups in total. The van der Waals surface area contributed by atoms with Crippen LogP contribution in [0.5, 0.6) is 0 Å². The van der Waals surface area contributed by atoms with Gasteiger partial charge in [-0.2, -0.15) is 0 Å². The SMILES string of the molecule is CCOC(=O)[C@@H]1C(C)=CC(=O)[C@@H](C(=O)OCC)[C@@H]1CC. The van der Waals surface area contributed by atoms with Gasteiger partial charge in [0.2, 0.25) is 0 Å². The molecule has 0 spiro atoms. The van der Waals surface area contributed by atoms with E-state index in [0.717, 1.165) is 0 Å². The van der Waals surface area contributed by atoms with Gasteiger partial charge in [-0.1, -0.05) is 18.9 Å². The maximum Gasteiger partial charge on any atom is 0.317 e. The van der Waals surface area contributed by atoms with Crippen molar-refractivity contribution >= 4 is 17.7 Å². The van der Waals surface area contributed by atoms with E-state index in [9.17, 15) is 14.4 Å². The van der Waals surface area contributed by atoms with E-state index in [1.54, 1.807) is 20.8 Å². The first kappa shape index (κ1) is 16.4. The second-order valence-corrected chi connectivity index (χ2v) is 4.82. The predicted octanol–water partition coefficient (Wildman–Crippen LogP) is 1.90. The van der Waals surface area contributed by atoms with E-state index in [1.165, 1.54) is 6.08 Å². The molecule has 1 aliphatic rings. The van der Waals surface area contributed by atoms with E-state index in [-0.39, 0.29) is 25.0 Å². The average molecular weight is 282 g/mol. The molecule has 1 aliphatic carbocycles. The molecular formula is C15H22O5. The summed E-state index contributed by atoms with van der Waals surface area (Å²) in [7, 11) is 0. The maximum atomic E-state index is 12.1. The largest absolute Gasteiger partial charge is 0.466 e. The Morgan fingerprint density at radius 2 is 1.55 bits per heavy atom. The molecular weight excluding hydrogens is 260 g/mol. The molecule has 5 nitrogen and oxygen atoms in total. The van der Waals surface area contributed by atoms with Crippen LogP contribution in [0.2, 0.25) is 0 Å². The van der Waals surface area contributed by atoms with Gasteiger partial charge in [0.15, 0.2) is 5.78 Å². The van der Waals surface area contributed by atoms with Crippen LogP contribution in [-0.4, -0.2) is 30.9 Å². The number of hydrogen-bond acceptors (Lipinski definition) is 5. The number of carbonyl (C=O) groups excluding carboxylic acids is 3. The Kier molecular flexibility index (Phi) is 5.92. The molecule has 0 fully saturated rings. The van der Waals surface area contributed by atoms with Crippen LogP contribution < -0.4 is 0 Å². The molecule has 0 saturated carbocycles. The molecule has 0 aromatic heterocycles. The summed E-state index contributed by atoms with van der Waals surface area (Å²) >= 11 is 0. The molecule has 0 bridgehead atoms. The lowest BCUT2D eigenvalue weighted by Crippen LogP contribution is -2.43. The van der Waals surface area contributed by atoms with E-state index < -0.39 is 23.7 Å². The predicted molar refractivity (Wildman–Crippen MR) is 72.8 cm³/mol. The van der Waals surface area contributed by atoms with Gasteiger partial charge in [-0.15, -0.1) is 0 Å². The zero-order valence-corrected chi connectivity index (χ0v) is 12.5. The Hall–Kier alpha value is -1.65. The molecule has 0 unspecified atom stereocenters. The van der Waals surface area contributed by atoms with Crippen LogP contribution in [0.25, 0.3) is 0 Å². The van der Waals surface area contributed by atoms with Crippen molar-refractivity contribution in [1.29, 1.82) is 0 Å². The second kappa shape index (κ2) is 7.22. The number of hydrogen-bond donors (Lipinski definition) is 0. The molecule has 0 radical (unpaired) electrons. The fourth-order valence-corrected chi connectivity index (χ4v) is 2.73. The Bertz CT molecular complexity index is 424. The zero-order chi connectivity index (χ0) is 15.3. The summed E-state index contributed by atoms with van der Waals surface area (Å²) in [6.07, 6.45) is 1.90. The highest BCUT2D eigenvalue weighted by atomic mass is 16.5. The summed E-state index contributed by atoms with van der Waals surface area (Å²) in [5.41, 5.74) is 0.654. The summed E-state index contributed by atoms with van der Waals surface area (Å²) in [4.78, 5) is 36.2. The zero-order valence-electron chi connectivity index (χ0n) is 12.5. The monoisotopic (exact) mass is 282 g/mol. The van der Waals surface area contributed by atoms with Crippen LogP contribution in [0.4, 0.5) is 0 Å². The molecule has 0 heterocycles. The van der Waals surface area contributed by atoms with Gasteiger partial charge >= 0.3 is 11.9 Å². The fraction of sp³-hybridized carbons (Fsp3) is 0.667. The first-order valence-corrected chi connectivity index (χ1v) is 7.03. The Morgan fingerprint density at radius 1 is 1.05 bits per heavy atom. The van der Waals surface area contributed by atoms with Crippen molar-refractivity contribution in [3.8, 4) is 0 Å². The number of rotatable bonds is 5. The first-order chi connectivity index (χ1) is 9.47. The lowest BCUT2D eigenvalue weighted by Gasteiger charge is -2.33. The second-order valence-electron chi connectivity index (χ2n) is 4.82. The van der Waals surface area contributed by atoms with E-state index in [0.29, 0.717) is 12.0 Å². The minimum atomic E-state index is -0.905. The quantitative estimate of drug-likeness (QED) is 0.569. The van der Waals surface area contributed by atoms with Gasteiger partial charge in [0.05, 0.1) is 19.1 Å². The highest BCUT2D eigenvalue weighted by Gasteiger charge is 2.45. The normalized spacial score (nSPS) is 25.9. The molecule has 0 aromatic rings. The van der Waals surface area contributed by atoms with Crippen molar-refractivity contribution in [3.05, 3.63) is 11.6 Å². The van der Waals surface area contributed by atoms with Gasteiger partial charge in [-0.05, 0) is 32.8 Å². The number of ketones is 1. The van der Waals surface area contributed by atoms with Crippen molar-refractivity contribution in [3.63, 3.8) is 0 Å². The van der Waals surface area contributed by atoms with Gasteiger partial charge in [0.1, 0.15) is 5.92 Å². The average Bonchev–Trinajstić information content (AvgIpc) is 2.37. The number of esters is 2. The number of ether oxygens (including phenoxy) is 2. The van der Waals surface area contributed by atoms with Crippen molar-refractivity contribution in [2.24, 2.45) is 17.8 Å². The lowest BCUT2D eigenvalue weighted by atomic mass is 9.70. The van der Waals surface area contributed by atoms with Crippen molar-refractivity contribution in [2.45, 2.75) is 34.1 Å². The van der Waals surface area contributed by atoms with Crippen molar-refractivity contribution < 1.29 is 23.9 Å². The van der Waals surface area contributed by atoms with Gasteiger partial charge in [-0.3, -0.25) is 14.4 Å². The minimum absolute atomic E-state index is 0.214. The van der Waals surface area contributed by atoms with Gasteiger partial charge in [-0.25, -0.2) is 0 Å². The molecule has 20 heavy (non-hydrogen) atoms. The van der Waals surface area contributed by atoms with Crippen LogP contribution in [0.15, 0.2) is 11.6 Å². The topological polar surface area (TPSA) is 69.7 Å². The lowest BCUT2D eigenvalue weighted by molar-refractivity contribution is -0.157. The van der Waals surface area contributed by atoms with E-state index >= 15 is 0 Å². The smallest absolute Gasteiger partial charge is 0.317 e. The Balaban J connectivity index is 3.12. The molecule has 0 aromatic carbocycles. The summed E-state index contributed by atoms with van der Waals surface area (Å²) in [5, 5.41) is 0. The number of carbonyl (C=O) groups is 3. The highest BCUT2D eigenvalue weighted by molar-refractivity contribution is 6.07. The summed E-state index contributed by atoms with van der Waals surface area (Å²) in [6, 6.07) is 0. The van der Waals surface area contributed by atoms with Gasteiger partial charge in [0.25, 0.3) is 0 Å². The summed E-state index contributed by atoms with van der Waals surface area (Å²) in [5.74, 6) is -3.07. The number of allylic oxidation sites excluding steroid dienone is 1. The highest BCUT2D eigenvalue weighted by Crippen LogP contribution is 2.37. The fourth-order valence-electron chi connectivity index (χ4n) is 2.73. The summed E-state index contributed by atoms with van der Waals surface area (Å²) in [6.45, 7) is 7.49. The van der Waals surface area contributed by atoms with E-state index in [4.69, 9.17) is 9.47 Å². The first-order valence-electron chi connectivity index (χ1n) is 7.03. The third-order valence-electron chi connectivity index (χ3n) is 3.58. The third-order valence-corrected chi connectivity index (χ3v) is 3.58. The minimum Gasteiger partial charge on any atom is -0.466 e. The molecule has 0 saturated heterocycles. The van der Waals surface area contributed by atoms with Crippen molar-refractivity contribution in [2.75, 3.05) is 13.2 Å². The maximum absolute atomic E-state index is 12.1. The molecule has 0 amide bonds. The summed E-state index contributed by atoms with van der Waals surface area (Å²) < 4.78 is 10.0. The molecule has 5 heteroatoms. The van der Waals surface area contributed by atoms with Crippen LogP contribution in [0, 0.1) is 17.8 Å². The van der Waals surface area contributed by atoms with Gasteiger partial charge in [0, 0.05) is 0 Å². The van der Waals surface area contributed by atoms with Crippen LogP contribution in [0.1, 0.15) is 34.1 Å². The molecule has 1 rings (SSSR count). The standard InChI is InChI=1S/C15H22O5/c1-5-10-12(14(17)19-6-2)9(4)8-11(16)13(10)15(18)20-7-3/h8,10,12-13H,5-7H2,1-4H3/t10-,12-,13+/m1/s1. The molecule has 112 valence electrons. The van der Waals surface area contributed by atoms with Gasteiger partial charge < -0.3 is 9.47 Å². The molecule has 0 aliphatic heterocycles. The van der Waals surface area contributed by atoms with E-state index in [2.05, 4.69) is 0 Å². The van der Waals surface area contributed by atoms with Crippen LogP contribution in [-0.2, 0) is 23.9 Å².